The van der Waals surface area contributed by atoms with Gasteiger partial charge < -0.3 is 10.2 Å². The van der Waals surface area contributed by atoms with Crippen molar-refractivity contribution < 1.29 is 0 Å². The second kappa shape index (κ2) is 7.56. The molecule has 1 saturated heterocycles. The van der Waals surface area contributed by atoms with Crippen LogP contribution in [0.3, 0.4) is 0 Å². The summed E-state index contributed by atoms with van der Waals surface area (Å²) in [6, 6.07) is 21.7. The molecule has 1 N–H and O–H groups in total. The Morgan fingerprint density at radius 1 is 1.04 bits per heavy atom. The molecule has 1 atom stereocenters. The molecule has 4 heteroatoms. The molecule has 1 unspecified atom stereocenters. The summed E-state index contributed by atoms with van der Waals surface area (Å²) in [6.07, 6.45) is 4.02. The van der Waals surface area contributed by atoms with E-state index >= 15 is 0 Å². The molecule has 4 nitrogen and oxygen atoms in total. The Bertz CT molecular complexity index is 846. The molecule has 1 fully saturated rings. The minimum atomic E-state index is 0.399. The first kappa shape index (κ1) is 16.6. The summed E-state index contributed by atoms with van der Waals surface area (Å²) in [5, 5.41) is 3.42. The van der Waals surface area contributed by atoms with E-state index in [-0.39, 0.29) is 0 Å². The van der Waals surface area contributed by atoms with E-state index in [0.717, 1.165) is 24.7 Å². The number of hydrogen-bond acceptors (Lipinski definition) is 4. The fourth-order valence-electron chi connectivity index (χ4n) is 3.56. The molecule has 26 heavy (non-hydrogen) atoms. The Morgan fingerprint density at radius 2 is 1.85 bits per heavy atom. The average Bonchev–Trinajstić information content (AvgIpc) is 3.18. The minimum absolute atomic E-state index is 0.399. The van der Waals surface area contributed by atoms with E-state index in [4.69, 9.17) is 0 Å². The van der Waals surface area contributed by atoms with Crippen LogP contribution in [0.15, 0.2) is 67.0 Å². The Morgan fingerprint density at radius 3 is 2.65 bits per heavy atom. The van der Waals surface area contributed by atoms with E-state index in [2.05, 4.69) is 87.8 Å². The zero-order valence-electron chi connectivity index (χ0n) is 15.1. The summed E-state index contributed by atoms with van der Waals surface area (Å²) in [6.45, 7) is 3.90. The Balaban J connectivity index is 1.49. The number of rotatable bonds is 5. The van der Waals surface area contributed by atoms with Crippen molar-refractivity contribution in [1.29, 1.82) is 0 Å². The van der Waals surface area contributed by atoms with E-state index in [9.17, 15) is 0 Å². The molecule has 0 bridgehead atoms. The topological polar surface area (TPSA) is 41.0 Å². The van der Waals surface area contributed by atoms with E-state index in [0.29, 0.717) is 6.04 Å². The first-order chi connectivity index (χ1) is 12.8. The van der Waals surface area contributed by atoms with Crippen LogP contribution in [-0.2, 0) is 6.54 Å². The van der Waals surface area contributed by atoms with E-state index < -0.39 is 0 Å². The van der Waals surface area contributed by atoms with Crippen molar-refractivity contribution in [3.05, 3.63) is 83.7 Å². The van der Waals surface area contributed by atoms with Crippen molar-refractivity contribution >= 4 is 11.6 Å². The summed E-state index contributed by atoms with van der Waals surface area (Å²) in [4.78, 5) is 11.3. The Labute approximate surface area is 154 Å². The van der Waals surface area contributed by atoms with Gasteiger partial charge in [-0.15, -0.1) is 0 Å². The molecule has 2 heterocycles. The molecule has 0 amide bonds. The van der Waals surface area contributed by atoms with Crippen molar-refractivity contribution in [2.45, 2.75) is 32.4 Å². The predicted octanol–water partition coefficient (Wildman–Crippen LogP) is 4.74. The van der Waals surface area contributed by atoms with Crippen LogP contribution < -0.4 is 10.2 Å². The Hall–Kier alpha value is -2.88. The molecule has 132 valence electrons. The van der Waals surface area contributed by atoms with Gasteiger partial charge in [0.1, 0.15) is 18.0 Å². The number of anilines is 2. The van der Waals surface area contributed by atoms with Crippen LogP contribution in [0.25, 0.3) is 0 Å². The number of aromatic nitrogens is 2. The third-order valence-electron chi connectivity index (χ3n) is 4.98. The van der Waals surface area contributed by atoms with Gasteiger partial charge in [-0.05, 0) is 30.9 Å². The zero-order chi connectivity index (χ0) is 17.8. The van der Waals surface area contributed by atoms with Crippen LogP contribution in [0, 0.1) is 6.92 Å². The monoisotopic (exact) mass is 344 g/mol. The van der Waals surface area contributed by atoms with Gasteiger partial charge in [0, 0.05) is 19.2 Å². The van der Waals surface area contributed by atoms with Gasteiger partial charge in [-0.3, -0.25) is 0 Å². The molecule has 4 rings (SSSR count). The maximum atomic E-state index is 4.54. The largest absolute Gasteiger partial charge is 0.366 e. The van der Waals surface area contributed by atoms with Crippen molar-refractivity contribution in [2.75, 3.05) is 16.8 Å². The van der Waals surface area contributed by atoms with E-state index in [1.54, 1.807) is 6.33 Å². The van der Waals surface area contributed by atoms with Crippen molar-refractivity contribution in [3.63, 3.8) is 0 Å². The molecule has 2 aromatic carbocycles. The molecule has 0 radical (unpaired) electrons. The van der Waals surface area contributed by atoms with Gasteiger partial charge in [0.15, 0.2) is 0 Å². The third-order valence-corrected chi connectivity index (χ3v) is 4.98. The predicted molar refractivity (Wildman–Crippen MR) is 106 cm³/mol. The van der Waals surface area contributed by atoms with Crippen LogP contribution >= 0.6 is 0 Å². The molecule has 1 aliphatic rings. The van der Waals surface area contributed by atoms with Gasteiger partial charge in [0.25, 0.3) is 0 Å². The lowest BCUT2D eigenvalue weighted by atomic mass is 10.0. The SMILES string of the molecule is Cc1ccc(CNc2cc(N3CCCC3c3ccccc3)ncn2)cc1. The van der Waals surface area contributed by atoms with Gasteiger partial charge in [-0.2, -0.15) is 0 Å². The quantitative estimate of drug-likeness (QED) is 0.726. The van der Waals surface area contributed by atoms with Crippen LogP contribution in [0.5, 0.6) is 0 Å². The molecule has 0 saturated carbocycles. The molecular formula is C22H24N4. The first-order valence-electron chi connectivity index (χ1n) is 9.23. The van der Waals surface area contributed by atoms with Crippen molar-refractivity contribution in [3.8, 4) is 0 Å². The van der Waals surface area contributed by atoms with Crippen LogP contribution in [0.2, 0.25) is 0 Å². The summed E-state index contributed by atoms with van der Waals surface area (Å²) >= 11 is 0. The number of aryl methyl sites for hydroxylation is 1. The fourth-order valence-corrected chi connectivity index (χ4v) is 3.56. The molecule has 1 aromatic heterocycles. The smallest absolute Gasteiger partial charge is 0.134 e. The highest BCUT2D eigenvalue weighted by Crippen LogP contribution is 2.35. The fraction of sp³-hybridized carbons (Fsp3) is 0.273. The highest BCUT2D eigenvalue weighted by atomic mass is 15.2. The lowest BCUT2D eigenvalue weighted by Crippen LogP contribution is -2.23. The Kier molecular flexibility index (Phi) is 4.82. The van der Waals surface area contributed by atoms with Crippen molar-refractivity contribution in [1.82, 2.24) is 9.97 Å². The molecular weight excluding hydrogens is 320 g/mol. The first-order valence-corrected chi connectivity index (χ1v) is 9.23. The van der Waals surface area contributed by atoms with Gasteiger partial charge in [0.2, 0.25) is 0 Å². The average molecular weight is 344 g/mol. The normalized spacial score (nSPS) is 16.7. The minimum Gasteiger partial charge on any atom is -0.366 e. The number of benzene rings is 2. The molecule has 1 aliphatic heterocycles. The molecule has 3 aromatic rings. The summed E-state index contributed by atoms with van der Waals surface area (Å²) in [7, 11) is 0. The van der Waals surface area contributed by atoms with Crippen molar-refractivity contribution in [2.24, 2.45) is 0 Å². The van der Waals surface area contributed by atoms with Crippen LogP contribution in [0.4, 0.5) is 11.6 Å². The van der Waals surface area contributed by atoms with E-state index in [1.165, 1.54) is 29.5 Å². The standard InChI is InChI=1S/C22H24N4/c1-17-9-11-18(12-10-17)15-23-21-14-22(25-16-24-21)26-13-5-8-20(26)19-6-3-2-4-7-19/h2-4,6-7,9-12,14,16,20H,5,8,13,15H2,1H3,(H,23,24,25). The number of hydrogen-bond donors (Lipinski definition) is 1. The lowest BCUT2D eigenvalue weighted by Gasteiger charge is -2.26. The summed E-state index contributed by atoms with van der Waals surface area (Å²) in [5.74, 6) is 1.87. The van der Waals surface area contributed by atoms with Gasteiger partial charge in [-0.1, -0.05) is 60.2 Å². The second-order valence-corrected chi connectivity index (χ2v) is 6.86. The zero-order valence-corrected chi connectivity index (χ0v) is 15.1. The highest BCUT2D eigenvalue weighted by Gasteiger charge is 2.27. The number of nitrogens with one attached hydrogen (secondary N) is 1. The maximum Gasteiger partial charge on any atom is 0.134 e. The lowest BCUT2D eigenvalue weighted by molar-refractivity contribution is 0.710. The summed E-state index contributed by atoms with van der Waals surface area (Å²) in [5.41, 5.74) is 3.89. The van der Waals surface area contributed by atoms with Crippen LogP contribution in [-0.4, -0.2) is 16.5 Å². The summed E-state index contributed by atoms with van der Waals surface area (Å²) < 4.78 is 0. The maximum absolute atomic E-state index is 4.54. The van der Waals surface area contributed by atoms with Gasteiger partial charge in [0.05, 0.1) is 6.04 Å². The number of nitrogens with zero attached hydrogens (tertiary/aromatic N) is 3. The van der Waals surface area contributed by atoms with Gasteiger partial charge in [-0.25, -0.2) is 9.97 Å². The highest BCUT2D eigenvalue weighted by molar-refractivity contribution is 5.51. The van der Waals surface area contributed by atoms with Gasteiger partial charge >= 0.3 is 0 Å². The molecule has 0 spiro atoms. The van der Waals surface area contributed by atoms with Crippen LogP contribution in [0.1, 0.15) is 35.6 Å². The second-order valence-electron chi connectivity index (χ2n) is 6.86. The van der Waals surface area contributed by atoms with E-state index in [1.807, 2.05) is 0 Å². The molecule has 0 aliphatic carbocycles. The third kappa shape index (κ3) is 3.69.